The van der Waals surface area contributed by atoms with Gasteiger partial charge in [-0.05, 0) is 11.5 Å². The fourth-order valence-corrected chi connectivity index (χ4v) is 8.30. The van der Waals surface area contributed by atoms with Crippen LogP contribution >= 0.6 is 23.5 Å². The molecular weight excluding hydrogens is 248 g/mol. The minimum atomic E-state index is -1.41. The molecule has 1 aromatic rings. The Hall–Kier alpha value is -0.123. The van der Waals surface area contributed by atoms with E-state index < -0.39 is 8.07 Å². The lowest BCUT2D eigenvalue weighted by molar-refractivity contribution is 1.41. The molecule has 0 fully saturated rings. The first-order valence-corrected chi connectivity index (χ1v) is 10.6. The third-order valence-corrected chi connectivity index (χ3v) is 10.4. The largest absolute Gasteiger partial charge is 0.143 e. The maximum Gasteiger partial charge on any atom is 0.119 e. The van der Waals surface area contributed by atoms with E-state index in [2.05, 4.69) is 68.2 Å². The number of hydrogen-bond donors (Lipinski definition) is 0. The maximum atomic E-state index is 2.46. The van der Waals surface area contributed by atoms with Gasteiger partial charge < -0.3 is 0 Å². The van der Waals surface area contributed by atoms with Crippen LogP contribution in [0.2, 0.25) is 13.1 Å². The summed E-state index contributed by atoms with van der Waals surface area (Å²) in [6.45, 7) is 7.24. The van der Waals surface area contributed by atoms with E-state index in [-0.39, 0.29) is 0 Å². The molecule has 1 heterocycles. The lowest BCUT2D eigenvalue weighted by Crippen LogP contribution is -2.43. The molecule has 0 bridgehead atoms. The molecule has 0 N–H and O–H groups in total. The first kappa shape index (κ1) is 12.3. The van der Waals surface area contributed by atoms with E-state index in [0.29, 0.717) is 0 Å². The Kier molecular flexibility index (Phi) is 3.87. The first-order valence-electron chi connectivity index (χ1n) is 5.65. The van der Waals surface area contributed by atoms with Crippen LogP contribution < -0.4 is 5.19 Å². The van der Waals surface area contributed by atoms with Crippen molar-refractivity contribution in [3.63, 3.8) is 0 Å². The predicted octanol–water partition coefficient (Wildman–Crippen LogP) is 3.85. The molecule has 0 nitrogen and oxygen atoms in total. The summed E-state index contributed by atoms with van der Waals surface area (Å²) in [5.74, 6) is 1.19. The van der Waals surface area contributed by atoms with E-state index in [1.165, 1.54) is 5.75 Å². The van der Waals surface area contributed by atoms with E-state index in [4.69, 9.17) is 0 Å². The molecule has 1 atom stereocenters. The molecule has 0 radical (unpaired) electrons. The Labute approximate surface area is 108 Å². The molecular formula is C13H18S2Si. The third kappa shape index (κ3) is 2.58. The summed E-state index contributed by atoms with van der Waals surface area (Å²) in [7, 11) is -1.41. The van der Waals surface area contributed by atoms with E-state index in [0.717, 1.165) is 4.58 Å². The molecule has 0 aliphatic carbocycles. The van der Waals surface area contributed by atoms with Crippen molar-refractivity contribution in [1.82, 2.24) is 0 Å². The summed E-state index contributed by atoms with van der Waals surface area (Å²) in [4.78, 5) is 0. The van der Waals surface area contributed by atoms with E-state index in [9.17, 15) is 0 Å². The van der Waals surface area contributed by atoms with Gasteiger partial charge in [-0.15, -0.1) is 23.5 Å². The summed E-state index contributed by atoms with van der Waals surface area (Å²) in [6.07, 6.45) is 2.45. The maximum absolute atomic E-state index is 2.46. The number of benzene rings is 1. The van der Waals surface area contributed by atoms with Crippen LogP contribution in [0.4, 0.5) is 0 Å². The second-order valence-corrected chi connectivity index (χ2v) is 12.4. The number of rotatable bonds is 2. The Morgan fingerprint density at radius 3 is 2.50 bits per heavy atom. The highest BCUT2D eigenvalue weighted by molar-refractivity contribution is 8.20. The van der Waals surface area contributed by atoms with Gasteiger partial charge >= 0.3 is 0 Å². The Balaban J connectivity index is 2.28. The van der Waals surface area contributed by atoms with E-state index in [1.54, 1.807) is 9.72 Å². The van der Waals surface area contributed by atoms with Crippen LogP contribution in [-0.2, 0) is 0 Å². The Morgan fingerprint density at radius 2 is 1.88 bits per heavy atom. The number of hydrogen-bond acceptors (Lipinski definition) is 2. The van der Waals surface area contributed by atoms with Gasteiger partial charge in [0.15, 0.2) is 0 Å². The highest BCUT2D eigenvalue weighted by atomic mass is 32.2. The second-order valence-electron chi connectivity index (χ2n) is 4.58. The lowest BCUT2D eigenvalue weighted by Gasteiger charge is -2.30. The van der Waals surface area contributed by atoms with Crippen molar-refractivity contribution in [3.8, 4) is 0 Å². The molecule has 86 valence electrons. The van der Waals surface area contributed by atoms with Crippen LogP contribution in [0.25, 0.3) is 0 Å². The molecule has 0 saturated carbocycles. The Bertz CT molecular complexity index is 384. The van der Waals surface area contributed by atoms with Crippen LogP contribution in [0.15, 0.2) is 40.9 Å². The van der Waals surface area contributed by atoms with Crippen LogP contribution in [0.1, 0.15) is 6.92 Å². The standard InChI is InChI=1S/C13H18S2Si/c1-11-14-10-9-13(15-11)16(2,3)12-7-5-4-6-8-12/h4-9,11H,10H2,1-3H3. The first-order chi connectivity index (χ1) is 7.60. The normalized spacial score (nSPS) is 21.7. The third-order valence-electron chi connectivity index (χ3n) is 3.00. The monoisotopic (exact) mass is 266 g/mol. The molecule has 2 rings (SSSR count). The van der Waals surface area contributed by atoms with Crippen molar-refractivity contribution in [2.45, 2.75) is 24.6 Å². The van der Waals surface area contributed by atoms with Gasteiger partial charge in [-0.2, -0.15) is 0 Å². The van der Waals surface area contributed by atoms with Crippen molar-refractivity contribution in [2.24, 2.45) is 0 Å². The molecule has 1 unspecified atom stereocenters. The van der Waals surface area contributed by atoms with Gasteiger partial charge in [-0.25, -0.2) is 0 Å². The minimum absolute atomic E-state index is 0.718. The average Bonchev–Trinajstić information content (AvgIpc) is 2.30. The summed E-state index contributed by atoms with van der Waals surface area (Å²) < 4.78 is 2.38. The molecule has 0 aromatic heterocycles. The van der Waals surface area contributed by atoms with E-state index >= 15 is 0 Å². The topological polar surface area (TPSA) is 0 Å². The summed E-state index contributed by atoms with van der Waals surface area (Å²) in [6, 6.07) is 11.0. The Morgan fingerprint density at radius 1 is 1.19 bits per heavy atom. The summed E-state index contributed by atoms with van der Waals surface area (Å²) in [5, 5.41) is 1.55. The smallest absolute Gasteiger partial charge is 0.119 e. The van der Waals surface area contributed by atoms with Crippen LogP contribution in [0, 0.1) is 0 Å². The van der Waals surface area contributed by atoms with Crippen LogP contribution in [0.3, 0.4) is 0 Å². The SMILES string of the molecule is CC1SCC=C([Si](C)(C)c2ccccc2)S1. The van der Waals surface area contributed by atoms with Crippen molar-refractivity contribution in [2.75, 3.05) is 5.75 Å². The fraction of sp³-hybridized carbons (Fsp3) is 0.385. The zero-order valence-corrected chi connectivity index (χ0v) is 12.7. The van der Waals surface area contributed by atoms with Gasteiger partial charge in [0.2, 0.25) is 0 Å². The van der Waals surface area contributed by atoms with Crippen molar-refractivity contribution < 1.29 is 0 Å². The van der Waals surface area contributed by atoms with Gasteiger partial charge in [0.25, 0.3) is 0 Å². The molecule has 1 aromatic carbocycles. The minimum Gasteiger partial charge on any atom is -0.143 e. The van der Waals surface area contributed by atoms with Crippen molar-refractivity contribution in [1.29, 1.82) is 0 Å². The van der Waals surface area contributed by atoms with Gasteiger partial charge in [-0.1, -0.05) is 54.7 Å². The molecule has 0 saturated heterocycles. The van der Waals surface area contributed by atoms with Gasteiger partial charge in [0.1, 0.15) is 8.07 Å². The molecule has 1 aliphatic heterocycles. The zero-order valence-electron chi connectivity index (χ0n) is 10.1. The quantitative estimate of drug-likeness (QED) is 0.746. The van der Waals surface area contributed by atoms with Gasteiger partial charge in [-0.3, -0.25) is 0 Å². The highest BCUT2D eigenvalue weighted by Gasteiger charge is 2.31. The fourth-order valence-electron chi connectivity index (χ4n) is 1.92. The number of thioether (sulfide) groups is 2. The molecule has 3 heteroatoms. The molecule has 0 amide bonds. The van der Waals surface area contributed by atoms with Gasteiger partial charge in [0.05, 0.1) is 4.58 Å². The molecule has 16 heavy (non-hydrogen) atoms. The zero-order chi connectivity index (χ0) is 11.6. The molecule has 1 aliphatic rings. The lowest BCUT2D eigenvalue weighted by atomic mass is 10.4. The van der Waals surface area contributed by atoms with Crippen LogP contribution in [-0.4, -0.2) is 18.4 Å². The predicted molar refractivity (Wildman–Crippen MR) is 81.2 cm³/mol. The van der Waals surface area contributed by atoms with Gasteiger partial charge in [0, 0.05) is 5.75 Å². The highest BCUT2D eigenvalue weighted by Crippen LogP contribution is 2.39. The average molecular weight is 267 g/mol. The second kappa shape index (κ2) is 5.03. The van der Waals surface area contributed by atoms with Crippen LogP contribution in [0.5, 0.6) is 0 Å². The molecule has 0 spiro atoms. The summed E-state index contributed by atoms with van der Waals surface area (Å²) in [5.41, 5.74) is 0. The summed E-state index contributed by atoms with van der Waals surface area (Å²) >= 11 is 4.12. The van der Waals surface area contributed by atoms with Crippen molar-refractivity contribution in [3.05, 3.63) is 40.9 Å². The van der Waals surface area contributed by atoms with Crippen molar-refractivity contribution >= 4 is 36.8 Å². The van der Waals surface area contributed by atoms with E-state index in [1.807, 2.05) is 11.8 Å².